The fourth-order valence-corrected chi connectivity index (χ4v) is 4.02. The fraction of sp³-hybridized carbons (Fsp3) is 0.538. The number of pyridine rings is 1. The van der Waals surface area contributed by atoms with Crippen LogP contribution >= 0.6 is 0 Å². The zero-order valence-corrected chi connectivity index (χ0v) is 12.5. The lowest BCUT2D eigenvalue weighted by Gasteiger charge is -2.12. The molecule has 2 rings (SSSR count). The second-order valence-corrected chi connectivity index (χ2v) is 7.51. The molecule has 1 aromatic heterocycles. The van der Waals surface area contributed by atoms with Crippen molar-refractivity contribution in [2.75, 3.05) is 37.0 Å². The molecule has 20 heavy (non-hydrogen) atoms. The third-order valence-electron chi connectivity index (χ3n) is 3.35. The minimum absolute atomic E-state index is 0.0259. The molecule has 110 valence electrons. The van der Waals surface area contributed by atoms with Gasteiger partial charge in [0.15, 0.2) is 9.84 Å². The van der Waals surface area contributed by atoms with Gasteiger partial charge in [-0.25, -0.2) is 13.4 Å². The molecule has 1 N–H and O–H groups in total. The maximum atomic E-state index is 11.9. The number of amides is 1. The molecule has 1 amide bonds. The molecule has 1 saturated heterocycles. The normalized spacial score (nSPS) is 20.6. The molecule has 1 fully saturated rings. The van der Waals surface area contributed by atoms with Gasteiger partial charge in [-0.15, -0.1) is 0 Å². The van der Waals surface area contributed by atoms with E-state index in [0.29, 0.717) is 18.5 Å². The van der Waals surface area contributed by atoms with Crippen molar-refractivity contribution < 1.29 is 13.2 Å². The summed E-state index contributed by atoms with van der Waals surface area (Å²) in [6.45, 7) is 0.396. The van der Waals surface area contributed by atoms with Gasteiger partial charge in [-0.05, 0) is 24.5 Å². The van der Waals surface area contributed by atoms with Gasteiger partial charge in [0.2, 0.25) is 0 Å². The SMILES string of the molecule is CN(C)c1ccc(C(=O)NC[C@@H]2CCS(=O)(=O)C2)cn1. The highest BCUT2D eigenvalue weighted by Crippen LogP contribution is 2.17. The van der Waals surface area contributed by atoms with Crippen molar-refractivity contribution in [1.29, 1.82) is 0 Å². The van der Waals surface area contributed by atoms with E-state index in [1.165, 1.54) is 6.20 Å². The van der Waals surface area contributed by atoms with E-state index >= 15 is 0 Å². The van der Waals surface area contributed by atoms with E-state index in [1.54, 1.807) is 12.1 Å². The van der Waals surface area contributed by atoms with Crippen LogP contribution < -0.4 is 10.2 Å². The van der Waals surface area contributed by atoms with E-state index in [-0.39, 0.29) is 23.3 Å². The number of nitrogens with zero attached hydrogens (tertiary/aromatic N) is 2. The Labute approximate surface area is 119 Å². The summed E-state index contributed by atoms with van der Waals surface area (Å²) in [7, 11) is 0.863. The predicted octanol–water partition coefficient (Wildman–Crippen LogP) is 0.312. The summed E-state index contributed by atoms with van der Waals surface area (Å²) in [5, 5.41) is 2.77. The summed E-state index contributed by atoms with van der Waals surface area (Å²) < 4.78 is 22.7. The highest BCUT2D eigenvalue weighted by molar-refractivity contribution is 7.91. The first-order valence-electron chi connectivity index (χ1n) is 6.49. The molecule has 0 unspecified atom stereocenters. The van der Waals surface area contributed by atoms with Gasteiger partial charge in [-0.1, -0.05) is 0 Å². The summed E-state index contributed by atoms with van der Waals surface area (Å²) in [6, 6.07) is 3.48. The van der Waals surface area contributed by atoms with Crippen molar-refractivity contribution >= 4 is 21.6 Å². The van der Waals surface area contributed by atoms with Crippen LogP contribution in [-0.4, -0.2) is 51.5 Å². The third-order valence-corrected chi connectivity index (χ3v) is 5.18. The third kappa shape index (κ3) is 3.69. The molecule has 0 spiro atoms. The summed E-state index contributed by atoms with van der Waals surface area (Å²) >= 11 is 0. The van der Waals surface area contributed by atoms with Gasteiger partial charge >= 0.3 is 0 Å². The van der Waals surface area contributed by atoms with Crippen LogP contribution in [0, 0.1) is 5.92 Å². The topological polar surface area (TPSA) is 79.4 Å². The standard InChI is InChI=1S/C13H19N3O3S/c1-16(2)12-4-3-11(8-14-12)13(17)15-7-10-5-6-20(18,19)9-10/h3-4,8,10H,5-7,9H2,1-2H3,(H,15,17)/t10-/m0/s1. The van der Waals surface area contributed by atoms with Crippen LogP contribution in [0.2, 0.25) is 0 Å². The van der Waals surface area contributed by atoms with Crippen LogP contribution in [0.3, 0.4) is 0 Å². The van der Waals surface area contributed by atoms with Crippen molar-refractivity contribution in [2.24, 2.45) is 5.92 Å². The fourth-order valence-electron chi connectivity index (χ4n) is 2.16. The molecule has 1 aromatic rings. The van der Waals surface area contributed by atoms with E-state index in [9.17, 15) is 13.2 Å². The Balaban J connectivity index is 1.89. The van der Waals surface area contributed by atoms with Gasteiger partial charge in [0.05, 0.1) is 17.1 Å². The molecule has 0 bridgehead atoms. The molecule has 0 aliphatic carbocycles. The maximum absolute atomic E-state index is 11.9. The van der Waals surface area contributed by atoms with Crippen LogP contribution in [0.5, 0.6) is 0 Å². The summed E-state index contributed by atoms with van der Waals surface area (Å²) in [6.07, 6.45) is 2.15. The molecular formula is C13H19N3O3S. The molecule has 2 heterocycles. The van der Waals surface area contributed by atoms with Crippen LogP contribution in [-0.2, 0) is 9.84 Å². The van der Waals surface area contributed by atoms with E-state index < -0.39 is 9.84 Å². The number of carbonyl (C=O) groups excluding carboxylic acids is 1. The lowest BCUT2D eigenvalue weighted by atomic mass is 10.1. The lowest BCUT2D eigenvalue weighted by molar-refractivity contribution is 0.0948. The number of rotatable bonds is 4. The van der Waals surface area contributed by atoms with Gasteiger partial charge in [-0.2, -0.15) is 0 Å². The molecule has 6 nitrogen and oxygen atoms in total. The van der Waals surface area contributed by atoms with Gasteiger partial charge < -0.3 is 10.2 Å². The number of carbonyl (C=O) groups is 1. The summed E-state index contributed by atoms with van der Waals surface area (Å²) in [4.78, 5) is 18.0. The smallest absolute Gasteiger partial charge is 0.252 e. The number of hydrogen-bond acceptors (Lipinski definition) is 5. The second kappa shape index (κ2) is 5.78. The second-order valence-electron chi connectivity index (χ2n) is 5.28. The minimum atomic E-state index is -2.89. The predicted molar refractivity (Wildman–Crippen MR) is 77.7 cm³/mol. The zero-order valence-electron chi connectivity index (χ0n) is 11.7. The molecule has 0 radical (unpaired) electrons. The molecule has 0 saturated carbocycles. The largest absolute Gasteiger partial charge is 0.363 e. The Morgan fingerprint density at radius 1 is 1.45 bits per heavy atom. The number of aromatic nitrogens is 1. The van der Waals surface area contributed by atoms with Crippen molar-refractivity contribution in [3.05, 3.63) is 23.9 Å². The van der Waals surface area contributed by atoms with Crippen LogP contribution in [0.25, 0.3) is 0 Å². The number of anilines is 1. The molecule has 7 heteroatoms. The maximum Gasteiger partial charge on any atom is 0.252 e. The highest BCUT2D eigenvalue weighted by atomic mass is 32.2. The van der Waals surface area contributed by atoms with Crippen LogP contribution in [0.1, 0.15) is 16.8 Å². The average molecular weight is 297 g/mol. The summed E-state index contributed by atoms with van der Waals surface area (Å²) in [5.74, 6) is 0.992. The average Bonchev–Trinajstić information content (AvgIpc) is 2.75. The van der Waals surface area contributed by atoms with E-state index in [2.05, 4.69) is 10.3 Å². The minimum Gasteiger partial charge on any atom is -0.363 e. The zero-order chi connectivity index (χ0) is 14.8. The number of nitrogens with one attached hydrogen (secondary N) is 1. The molecule has 0 aromatic carbocycles. The Kier molecular flexibility index (Phi) is 4.27. The first kappa shape index (κ1) is 14.8. The Hall–Kier alpha value is -1.63. The van der Waals surface area contributed by atoms with E-state index in [0.717, 1.165) is 5.82 Å². The summed E-state index contributed by atoms with van der Waals surface area (Å²) in [5.41, 5.74) is 0.483. The molecule has 1 atom stereocenters. The van der Waals surface area contributed by atoms with E-state index in [1.807, 2.05) is 19.0 Å². The van der Waals surface area contributed by atoms with Crippen molar-refractivity contribution in [3.63, 3.8) is 0 Å². The van der Waals surface area contributed by atoms with Gasteiger partial charge in [-0.3, -0.25) is 4.79 Å². The Morgan fingerprint density at radius 3 is 2.70 bits per heavy atom. The Bertz CT molecular complexity index is 581. The quantitative estimate of drug-likeness (QED) is 0.865. The molecular weight excluding hydrogens is 278 g/mol. The van der Waals surface area contributed by atoms with E-state index in [4.69, 9.17) is 0 Å². The van der Waals surface area contributed by atoms with Crippen LogP contribution in [0.4, 0.5) is 5.82 Å². The van der Waals surface area contributed by atoms with Crippen molar-refractivity contribution in [1.82, 2.24) is 10.3 Å². The van der Waals surface area contributed by atoms with Crippen LogP contribution in [0.15, 0.2) is 18.3 Å². The Morgan fingerprint density at radius 2 is 2.20 bits per heavy atom. The highest BCUT2D eigenvalue weighted by Gasteiger charge is 2.27. The first-order valence-corrected chi connectivity index (χ1v) is 8.31. The van der Waals surface area contributed by atoms with Crippen molar-refractivity contribution in [3.8, 4) is 0 Å². The van der Waals surface area contributed by atoms with Gasteiger partial charge in [0.25, 0.3) is 5.91 Å². The van der Waals surface area contributed by atoms with Gasteiger partial charge in [0, 0.05) is 26.8 Å². The van der Waals surface area contributed by atoms with Gasteiger partial charge in [0.1, 0.15) is 5.82 Å². The lowest BCUT2D eigenvalue weighted by Crippen LogP contribution is -2.30. The molecule has 1 aliphatic rings. The number of sulfone groups is 1. The monoisotopic (exact) mass is 297 g/mol. The molecule has 1 aliphatic heterocycles. The first-order chi connectivity index (χ1) is 9.37. The van der Waals surface area contributed by atoms with Crippen molar-refractivity contribution in [2.45, 2.75) is 6.42 Å². The number of hydrogen-bond donors (Lipinski definition) is 1.